The fourth-order valence-electron chi connectivity index (χ4n) is 6.43. The number of carbonyl (C=O) groups excluding carboxylic acids is 2. The number of hydrogen-bond donors (Lipinski definition) is 0. The molecule has 4 aromatic rings. The minimum absolute atomic E-state index is 0.0347. The van der Waals surface area contributed by atoms with Gasteiger partial charge in [0, 0.05) is 61.1 Å². The Morgan fingerprint density at radius 2 is 0.854 bits per heavy atom. The zero-order valence-electron chi connectivity index (χ0n) is 29.0. The fraction of sp³-hybridized carbons (Fsp3) is 0.350. The highest BCUT2D eigenvalue weighted by molar-refractivity contribution is 6.71. The lowest BCUT2D eigenvalue weighted by atomic mass is 9.49. The van der Waals surface area contributed by atoms with E-state index in [0.717, 1.165) is 34.7 Å². The third-order valence-corrected chi connectivity index (χ3v) is 14.9. The first kappa shape index (κ1) is 35.5. The van der Waals surface area contributed by atoms with Crippen molar-refractivity contribution in [2.75, 3.05) is 27.4 Å². The zero-order chi connectivity index (χ0) is 34.3. The predicted octanol–water partition coefficient (Wildman–Crippen LogP) is 9.03. The Kier molecular flexibility index (Phi) is 11.5. The highest BCUT2D eigenvalue weighted by Crippen LogP contribution is 2.59. The maximum atomic E-state index is 14.4. The van der Waals surface area contributed by atoms with Crippen molar-refractivity contribution >= 4 is 28.2 Å². The number of hydrogen-bond acceptors (Lipinski definition) is 6. The summed E-state index contributed by atoms with van der Waals surface area (Å²) >= 11 is 0. The molecule has 8 heteroatoms. The summed E-state index contributed by atoms with van der Waals surface area (Å²) in [5, 5.41) is 0. The number of carbonyl (C=O) groups is 2. The molecule has 0 bridgehead atoms. The van der Waals surface area contributed by atoms with Crippen LogP contribution in [0.3, 0.4) is 0 Å². The van der Waals surface area contributed by atoms with Gasteiger partial charge in [-0.2, -0.15) is 0 Å². The van der Waals surface area contributed by atoms with Crippen LogP contribution in [0, 0.1) is 11.8 Å². The molecule has 0 radical (unpaired) electrons. The van der Waals surface area contributed by atoms with Gasteiger partial charge < -0.3 is 18.3 Å². The first-order valence-electron chi connectivity index (χ1n) is 16.8. The van der Waals surface area contributed by atoms with Crippen molar-refractivity contribution in [2.45, 2.75) is 50.1 Å². The van der Waals surface area contributed by atoms with Crippen LogP contribution >= 0.6 is 0 Å². The van der Waals surface area contributed by atoms with E-state index < -0.39 is 28.5 Å². The van der Waals surface area contributed by atoms with E-state index >= 15 is 0 Å². The largest absolute Gasteiger partial charge is 0.494 e. The summed E-state index contributed by atoms with van der Waals surface area (Å²) in [6, 6.07) is 36.6. The highest BCUT2D eigenvalue weighted by atomic mass is 28.4. The van der Waals surface area contributed by atoms with Gasteiger partial charge in [-0.25, -0.2) is 0 Å². The van der Waals surface area contributed by atoms with E-state index in [4.69, 9.17) is 18.3 Å². The maximum Gasteiger partial charge on any atom is 0.189 e. The first-order valence-corrected chi connectivity index (χ1v) is 23.0. The lowest BCUT2D eigenvalue weighted by Gasteiger charge is -2.51. The molecule has 1 aliphatic carbocycles. The van der Waals surface area contributed by atoms with Crippen LogP contribution in [-0.4, -0.2) is 55.6 Å². The molecule has 0 saturated heterocycles. The second kappa shape index (κ2) is 15.6. The molecule has 0 atom stereocenters. The van der Waals surface area contributed by atoms with Crippen LogP contribution in [0.2, 0.25) is 38.3 Å². The highest BCUT2D eigenvalue weighted by Gasteiger charge is 2.57. The SMILES string of the molecule is CO[Si](C)(C)CCOc1ccc(C(=O)C2C(c3ccccc3)C(C(=O)c3ccc(OCC[Si](C)(C)OC)cc3)C2c2ccccc2)cc1. The average Bonchev–Trinajstić information content (AvgIpc) is 3.09. The summed E-state index contributed by atoms with van der Waals surface area (Å²) in [4.78, 5) is 28.9. The molecule has 48 heavy (non-hydrogen) atoms. The van der Waals surface area contributed by atoms with E-state index in [9.17, 15) is 9.59 Å². The van der Waals surface area contributed by atoms with Gasteiger partial charge in [0.1, 0.15) is 11.5 Å². The Bertz CT molecular complexity index is 1510. The molecule has 0 amide bonds. The third-order valence-electron chi connectivity index (χ3n) is 9.85. The molecule has 6 nitrogen and oxygen atoms in total. The average molecular weight is 681 g/mol. The molecule has 5 rings (SSSR count). The summed E-state index contributed by atoms with van der Waals surface area (Å²) in [7, 11) is 0.0699. The van der Waals surface area contributed by atoms with Crippen molar-refractivity contribution in [1.29, 1.82) is 0 Å². The molecule has 0 aromatic heterocycles. The van der Waals surface area contributed by atoms with Gasteiger partial charge in [-0.05, 0) is 85.8 Å². The minimum atomic E-state index is -1.72. The molecule has 0 heterocycles. The molecule has 0 spiro atoms. The van der Waals surface area contributed by atoms with Crippen molar-refractivity contribution < 1.29 is 27.9 Å². The number of Topliss-reactive ketones (excluding diaryl/α,β-unsaturated/α-hetero) is 2. The number of benzene rings is 4. The van der Waals surface area contributed by atoms with E-state index in [1.807, 2.05) is 109 Å². The standard InChI is InChI=1S/C40H48O6Si2/c1-43-47(3,4)27-25-45-33-21-17-31(18-22-33)39(41)37-35(29-13-9-7-10-14-29)38(36(37)30-15-11-8-12-16-30)40(42)32-19-23-34(24-20-32)46-26-28-48(5,6)44-2/h7-24,35-38H,25-28H2,1-6H3. The summed E-state index contributed by atoms with van der Waals surface area (Å²) in [6.45, 7) is 9.80. The quantitative estimate of drug-likeness (QED) is 0.0869. The second-order valence-electron chi connectivity index (χ2n) is 13.8. The van der Waals surface area contributed by atoms with E-state index in [1.165, 1.54) is 0 Å². The molecule has 4 aromatic carbocycles. The van der Waals surface area contributed by atoms with Gasteiger partial charge in [0.05, 0.1) is 13.2 Å². The topological polar surface area (TPSA) is 71.1 Å². The Labute approximate surface area is 287 Å². The van der Waals surface area contributed by atoms with Crippen LogP contribution in [0.4, 0.5) is 0 Å². The third kappa shape index (κ3) is 8.42. The van der Waals surface area contributed by atoms with Gasteiger partial charge in [0.2, 0.25) is 0 Å². The van der Waals surface area contributed by atoms with Crippen molar-refractivity contribution in [2.24, 2.45) is 11.8 Å². The van der Waals surface area contributed by atoms with Crippen LogP contribution in [0.15, 0.2) is 109 Å². The number of ketones is 2. The van der Waals surface area contributed by atoms with E-state index in [-0.39, 0.29) is 23.4 Å². The van der Waals surface area contributed by atoms with E-state index in [0.29, 0.717) is 24.3 Å². The van der Waals surface area contributed by atoms with Gasteiger partial charge >= 0.3 is 0 Å². The van der Waals surface area contributed by atoms with Gasteiger partial charge in [0.25, 0.3) is 0 Å². The summed E-state index contributed by atoms with van der Waals surface area (Å²) in [6.07, 6.45) is 0. The summed E-state index contributed by atoms with van der Waals surface area (Å²) < 4.78 is 23.3. The molecular weight excluding hydrogens is 633 g/mol. The van der Waals surface area contributed by atoms with Crippen molar-refractivity contribution in [3.05, 3.63) is 131 Å². The lowest BCUT2D eigenvalue weighted by molar-refractivity contribution is 0.0489. The number of ether oxygens (including phenoxy) is 2. The Morgan fingerprint density at radius 3 is 1.17 bits per heavy atom. The summed E-state index contributed by atoms with van der Waals surface area (Å²) in [5.74, 6) is 0.173. The van der Waals surface area contributed by atoms with Crippen molar-refractivity contribution in [3.63, 3.8) is 0 Å². The van der Waals surface area contributed by atoms with Gasteiger partial charge in [-0.3, -0.25) is 9.59 Å². The van der Waals surface area contributed by atoms with Crippen LogP contribution < -0.4 is 9.47 Å². The minimum Gasteiger partial charge on any atom is -0.494 e. The Balaban J connectivity index is 1.41. The second-order valence-corrected chi connectivity index (χ2v) is 22.7. The normalized spacial score (nSPS) is 19.3. The van der Waals surface area contributed by atoms with Gasteiger partial charge in [0.15, 0.2) is 28.2 Å². The lowest BCUT2D eigenvalue weighted by Crippen LogP contribution is -2.51. The molecule has 252 valence electrons. The summed E-state index contributed by atoms with van der Waals surface area (Å²) in [5.41, 5.74) is 3.23. The molecule has 0 N–H and O–H groups in total. The van der Waals surface area contributed by atoms with E-state index in [1.54, 1.807) is 14.2 Å². The van der Waals surface area contributed by atoms with Crippen molar-refractivity contribution in [1.82, 2.24) is 0 Å². The molecule has 1 saturated carbocycles. The zero-order valence-corrected chi connectivity index (χ0v) is 31.0. The first-order chi connectivity index (χ1) is 23.0. The van der Waals surface area contributed by atoms with E-state index in [2.05, 4.69) is 26.2 Å². The van der Waals surface area contributed by atoms with Crippen LogP contribution in [-0.2, 0) is 8.85 Å². The van der Waals surface area contributed by atoms with Gasteiger partial charge in [-0.1, -0.05) is 60.7 Å². The molecular formula is C40H48O6Si2. The van der Waals surface area contributed by atoms with Crippen LogP contribution in [0.1, 0.15) is 43.7 Å². The maximum absolute atomic E-state index is 14.4. The van der Waals surface area contributed by atoms with Crippen LogP contribution in [0.25, 0.3) is 0 Å². The molecule has 1 fully saturated rings. The van der Waals surface area contributed by atoms with Crippen molar-refractivity contribution in [3.8, 4) is 11.5 Å². The predicted molar refractivity (Wildman–Crippen MR) is 196 cm³/mol. The van der Waals surface area contributed by atoms with Crippen LogP contribution in [0.5, 0.6) is 11.5 Å². The Hall–Kier alpha value is -3.83. The number of rotatable bonds is 16. The fourth-order valence-corrected chi connectivity index (χ4v) is 8.02. The molecule has 0 aliphatic heterocycles. The van der Waals surface area contributed by atoms with Gasteiger partial charge in [-0.15, -0.1) is 0 Å². The smallest absolute Gasteiger partial charge is 0.189 e. The monoisotopic (exact) mass is 680 g/mol. The molecule has 0 unspecified atom stereocenters. The Morgan fingerprint density at radius 1 is 0.521 bits per heavy atom. The molecule has 1 aliphatic rings.